The van der Waals surface area contributed by atoms with E-state index in [4.69, 9.17) is 13.3 Å². The molecule has 0 rings (SSSR count). The largest absolute Gasteiger partial charge is 1.00 e. The maximum absolute atomic E-state index is 9.57. The van der Waals surface area contributed by atoms with Crippen LogP contribution in [0.1, 0.15) is 1.43 Å². The maximum Gasteiger partial charge on any atom is 1.00 e. The fraction of sp³-hybridized carbons (Fsp3) is 0.750. The maximum atomic E-state index is 9.57. The second-order valence-electron chi connectivity index (χ2n) is 1.66. The molecule has 7 heteroatoms. The molecule has 2 N–H and O–H groups in total. The Bertz CT molecular complexity index is 111. The topological polar surface area (TPSA) is 77.8 Å². The Labute approximate surface area is 92.0 Å². The Morgan fingerprint density at radius 3 is 1.82 bits per heavy atom. The molecule has 0 saturated carbocycles. The van der Waals surface area contributed by atoms with Crippen molar-refractivity contribution in [1.82, 2.24) is 4.90 Å². The Morgan fingerprint density at radius 1 is 1.55 bits per heavy atom. The number of nitrogens with zero attached hydrogens (tertiary/aromatic N) is 1. The summed E-state index contributed by atoms with van der Waals surface area (Å²) in [6.45, 7) is 0.528. The van der Waals surface area contributed by atoms with Gasteiger partial charge >= 0.3 is 29.6 Å². The van der Waals surface area contributed by atoms with Crippen LogP contribution in [0.15, 0.2) is 0 Å². The molecule has 0 heterocycles. The summed E-state index contributed by atoms with van der Waals surface area (Å²) in [6, 6.07) is 0. The molecule has 5 nitrogen and oxygen atoms in total. The summed E-state index contributed by atoms with van der Waals surface area (Å²) in [5.74, 6) is 0. The molecule has 0 fully saturated rings. The van der Waals surface area contributed by atoms with Crippen LogP contribution in [0.4, 0.5) is 0 Å². The number of hydrogen-bond donors (Lipinski definition) is 2. The van der Waals surface area contributed by atoms with E-state index in [-0.39, 0.29) is 31.0 Å². The van der Waals surface area contributed by atoms with Gasteiger partial charge in [0.2, 0.25) is 0 Å². The minimum Gasteiger partial charge on any atom is -1.00 e. The fourth-order valence-corrected chi connectivity index (χ4v) is 0.149. The Kier molecular flexibility index (Phi) is 21.4. The van der Waals surface area contributed by atoms with Crippen LogP contribution < -0.4 is 29.6 Å². The normalized spacial score (nSPS) is 8.18. The predicted molar refractivity (Wildman–Crippen MR) is 39.1 cm³/mol. The van der Waals surface area contributed by atoms with E-state index in [2.05, 4.69) is 0 Å². The van der Waals surface area contributed by atoms with Gasteiger partial charge in [-0.1, -0.05) is 0 Å². The summed E-state index contributed by atoms with van der Waals surface area (Å²) in [7, 11) is 3.71. The summed E-state index contributed by atoms with van der Waals surface area (Å²) in [5.41, 5.74) is 0. The molecule has 64 valence electrons. The first-order chi connectivity index (χ1) is 4.50. The average Bonchev–Trinajstić information content (AvgIpc) is 1.62. The van der Waals surface area contributed by atoms with E-state index < -0.39 is 11.4 Å². The Hall–Kier alpha value is 0.700. The van der Waals surface area contributed by atoms with Crippen molar-refractivity contribution in [3.05, 3.63) is 0 Å². The molecule has 0 amide bonds. The monoisotopic (exact) mass is 193 g/mol. The van der Waals surface area contributed by atoms with E-state index in [9.17, 15) is 4.79 Å². The number of likely N-dealkylation sites (N-methyl/N-ethyl adjacent to an activating group) is 1. The molecule has 0 aliphatic carbocycles. The van der Waals surface area contributed by atoms with Crippen molar-refractivity contribution < 1.29 is 49.1 Å². The third kappa shape index (κ3) is 59.2. The Balaban J connectivity index is -0.0000000483. The molecular weight excluding hydrogens is 181 g/mol. The van der Waals surface area contributed by atoms with Crippen LogP contribution in [0.5, 0.6) is 0 Å². The number of carbonyl (C=O) groups is 1. The molecule has 0 aromatic carbocycles. The quantitative estimate of drug-likeness (QED) is 0.271. The van der Waals surface area contributed by atoms with Gasteiger partial charge < -0.3 is 11.1 Å². The minimum atomic E-state index is -2.61. The van der Waals surface area contributed by atoms with E-state index in [0.29, 0.717) is 6.54 Å². The minimum absolute atomic E-state index is 0. The van der Waals surface area contributed by atoms with E-state index in [1.54, 1.807) is 0 Å². The summed E-state index contributed by atoms with van der Waals surface area (Å²) < 4.78 is 22.8. The molecule has 0 atom stereocenters. The molecule has 0 unspecified atom stereocenters. The molecule has 0 aromatic rings. The van der Waals surface area contributed by atoms with Crippen LogP contribution in [0, 0.1) is 0 Å². The van der Waals surface area contributed by atoms with E-state index >= 15 is 0 Å². The number of carbonyl (C=O) groups excluding carboxylic acids is 1. The van der Waals surface area contributed by atoms with Crippen molar-refractivity contribution in [2.75, 3.05) is 20.6 Å². The van der Waals surface area contributed by atoms with Gasteiger partial charge in [-0.05, 0) is 14.1 Å². The molecule has 11 heavy (non-hydrogen) atoms. The van der Waals surface area contributed by atoms with Crippen LogP contribution in [0.3, 0.4) is 0 Å². The van der Waals surface area contributed by atoms with E-state index in [1.807, 2.05) is 19.0 Å². The van der Waals surface area contributed by atoms with Gasteiger partial charge in [0.25, 0.3) is 11.4 Å². The third-order valence-corrected chi connectivity index (χ3v) is 0.440. The summed E-state index contributed by atoms with van der Waals surface area (Å²) >= 11 is -2.61. The van der Waals surface area contributed by atoms with Crippen LogP contribution in [0.2, 0.25) is 0 Å². The number of aldehydes is 1. The van der Waals surface area contributed by atoms with Gasteiger partial charge in [-0.25, -0.2) is 0 Å². The van der Waals surface area contributed by atoms with Crippen LogP contribution in [-0.2, 0) is 16.2 Å². The second kappa shape index (κ2) is 13.3. The van der Waals surface area contributed by atoms with Crippen molar-refractivity contribution in [1.29, 1.82) is 0 Å². The molecule has 0 aliphatic rings. The van der Waals surface area contributed by atoms with E-state index in [0.717, 1.165) is 6.29 Å². The van der Waals surface area contributed by atoms with Gasteiger partial charge in [-0.15, -0.1) is 0 Å². The zero-order valence-corrected chi connectivity index (χ0v) is 9.67. The van der Waals surface area contributed by atoms with Crippen LogP contribution in [0.25, 0.3) is 0 Å². The first-order valence-corrected chi connectivity index (χ1v) is 3.45. The SMILES string of the molecule is CN(C)CC=O.O=S(O)O.[H-].[Na+]. The molecule has 0 spiro atoms. The molecule has 0 saturated heterocycles. The number of rotatable bonds is 2. The van der Waals surface area contributed by atoms with Crippen molar-refractivity contribution in [2.45, 2.75) is 0 Å². The average molecular weight is 193 g/mol. The summed E-state index contributed by atoms with van der Waals surface area (Å²) in [5, 5.41) is 0. The first-order valence-electron chi connectivity index (χ1n) is 2.39. The molecular formula is C4H12NNaO4S. The fourth-order valence-electron chi connectivity index (χ4n) is 0.149. The van der Waals surface area contributed by atoms with Crippen LogP contribution in [-0.4, -0.2) is 45.1 Å². The second-order valence-corrected chi connectivity index (χ2v) is 2.12. The molecule has 0 aliphatic heterocycles. The molecule has 0 aromatic heterocycles. The van der Waals surface area contributed by atoms with Crippen molar-refractivity contribution in [3.8, 4) is 0 Å². The van der Waals surface area contributed by atoms with E-state index in [1.165, 1.54) is 0 Å². The van der Waals surface area contributed by atoms with Gasteiger partial charge in [0.05, 0.1) is 6.54 Å². The molecule has 0 bridgehead atoms. The van der Waals surface area contributed by atoms with Gasteiger partial charge in [-0.3, -0.25) is 9.11 Å². The summed E-state index contributed by atoms with van der Waals surface area (Å²) in [4.78, 5) is 11.4. The third-order valence-electron chi connectivity index (χ3n) is 0.440. The standard InChI is InChI=1S/C4H9NO.Na.H2O3S.H/c1-5(2)3-4-6;;1-4(2)3;/h4H,3H2,1-2H3;;(H2,1,2,3);/q;+1;;-1. The predicted octanol–water partition coefficient (Wildman–Crippen LogP) is -3.46. The van der Waals surface area contributed by atoms with Gasteiger partial charge in [-0.2, -0.15) is 4.21 Å². The number of hydrogen-bond acceptors (Lipinski definition) is 3. The zero-order chi connectivity index (χ0) is 8.57. The van der Waals surface area contributed by atoms with Gasteiger partial charge in [0.1, 0.15) is 6.29 Å². The van der Waals surface area contributed by atoms with Crippen molar-refractivity contribution >= 4 is 17.6 Å². The van der Waals surface area contributed by atoms with Crippen molar-refractivity contribution in [2.24, 2.45) is 0 Å². The smallest absolute Gasteiger partial charge is 1.00 e. The van der Waals surface area contributed by atoms with Crippen molar-refractivity contribution in [3.63, 3.8) is 0 Å². The Morgan fingerprint density at radius 2 is 1.82 bits per heavy atom. The summed E-state index contributed by atoms with van der Waals surface area (Å²) in [6.07, 6.45) is 0.875. The zero-order valence-electron chi connectivity index (χ0n) is 7.85. The first kappa shape index (κ1) is 17.7. The molecule has 0 radical (unpaired) electrons. The van der Waals surface area contributed by atoms with Gasteiger partial charge in [0.15, 0.2) is 0 Å². The van der Waals surface area contributed by atoms with Gasteiger partial charge in [0, 0.05) is 0 Å². The van der Waals surface area contributed by atoms with Crippen LogP contribution >= 0.6 is 0 Å².